The number of hydrogen-bond acceptors (Lipinski definition) is 5. The fourth-order valence-electron chi connectivity index (χ4n) is 1.86. The van der Waals surface area contributed by atoms with Gasteiger partial charge < -0.3 is 4.74 Å². The van der Waals surface area contributed by atoms with Gasteiger partial charge in [-0.25, -0.2) is 9.97 Å². The Morgan fingerprint density at radius 1 is 1.33 bits per heavy atom. The molecule has 0 saturated carbocycles. The van der Waals surface area contributed by atoms with Crippen LogP contribution in [0.4, 0.5) is 5.13 Å². The average Bonchev–Trinajstić information content (AvgIpc) is 2.89. The van der Waals surface area contributed by atoms with Gasteiger partial charge in [0.2, 0.25) is 0 Å². The fraction of sp³-hybridized carbons (Fsp3) is 0.0714. The second kappa shape index (κ2) is 5.67. The Morgan fingerprint density at radius 2 is 2.19 bits per heavy atom. The minimum absolute atomic E-state index is 0.161. The van der Waals surface area contributed by atoms with Crippen LogP contribution in [0.25, 0.3) is 10.2 Å². The number of methoxy groups -OCH3 is 1. The number of rotatable bonds is 3. The summed E-state index contributed by atoms with van der Waals surface area (Å²) >= 11 is 7.27. The van der Waals surface area contributed by atoms with Crippen molar-refractivity contribution in [3.05, 3.63) is 47.2 Å². The summed E-state index contributed by atoms with van der Waals surface area (Å²) in [6.07, 6.45) is 1.53. The molecule has 7 heteroatoms. The summed E-state index contributed by atoms with van der Waals surface area (Å²) in [6, 6.07) is 8.89. The molecule has 0 atom stereocenters. The van der Waals surface area contributed by atoms with Crippen molar-refractivity contribution in [2.45, 2.75) is 0 Å². The lowest BCUT2D eigenvalue weighted by atomic mass is 10.3. The molecule has 0 saturated heterocycles. The number of pyridine rings is 1. The smallest absolute Gasteiger partial charge is 0.260 e. The summed E-state index contributed by atoms with van der Waals surface area (Å²) in [6.45, 7) is 0. The van der Waals surface area contributed by atoms with E-state index < -0.39 is 0 Å². The van der Waals surface area contributed by atoms with E-state index in [9.17, 15) is 4.79 Å². The molecule has 1 N–H and O–H groups in total. The fourth-order valence-corrected chi connectivity index (χ4v) is 2.94. The van der Waals surface area contributed by atoms with Gasteiger partial charge in [0.15, 0.2) is 5.13 Å². The molecule has 0 fully saturated rings. The van der Waals surface area contributed by atoms with Crippen molar-refractivity contribution in [1.82, 2.24) is 9.97 Å². The van der Waals surface area contributed by atoms with Gasteiger partial charge >= 0.3 is 0 Å². The molecule has 0 unspecified atom stereocenters. The Kier molecular flexibility index (Phi) is 3.72. The summed E-state index contributed by atoms with van der Waals surface area (Å²) in [5.74, 6) is 0.329. The minimum Gasteiger partial charge on any atom is -0.494 e. The predicted octanol–water partition coefficient (Wildman–Crippen LogP) is 3.61. The van der Waals surface area contributed by atoms with Crippen LogP contribution in [0.15, 0.2) is 36.5 Å². The molecule has 0 bridgehead atoms. The van der Waals surface area contributed by atoms with Gasteiger partial charge in [-0.05, 0) is 24.3 Å². The molecule has 0 radical (unpaired) electrons. The van der Waals surface area contributed by atoms with Crippen LogP contribution in [-0.2, 0) is 0 Å². The average molecular weight is 320 g/mol. The zero-order valence-electron chi connectivity index (χ0n) is 11.0. The lowest BCUT2D eigenvalue weighted by Crippen LogP contribution is -2.12. The van der Waals surface area contributed by atoms with E-state index in [1.165, 1.54) is 17.5 Å². The van der Waals surface area contributed by atoms with E-state index >= 15 is 0 Å². The molecule has 0 aliphatic heterocycles. The third-order valence-electron chi connectivity index (χ3n) is 2.83. The van der Waals surface area contributed by atoms with Gasteiger partial charge in [-0.2, -0.15) is 0 Å². The van der Waals surface area contributed by atoms with E-state index in [2.05, 4.69) is 15.3 Å². The number of thiazole rings is 1. The first kappa shape index (κ1) is 13.8. The molecule has 0 aliphatic carbocycles. The van der Waals surface area contributed by atoms with Crippen molar-refractivity contribution < 1.29 is 9.53 Å². The van der Waals surface area contributed by atoms with E-state index in [0.29, 0.717) is 16.4 Å². The monoisotopic (exact) mass is 319 g/mol. The number of ether oxygens (including phenoxy) is 1. The van der Waals surface area contributed by atoms with Gasteiger partial charge in [0, 0.05) is 6.20 Å². The predicted molar refractivity (Wildman–Crippen MR) is 83.4 cm³/mol. The standard InChI is InChI=1S/C14H10ClN3O2S/c1-20-9-5-2-6-10-11(9)17-14(21-10)18-13(19)8-4-3-7-16-12(8)15/h2-7H,1H3,(H,17,18,19). The Balaban J connectivity index is 1.92. The topological polar surface area (TPSA) is 64.1 Å². The van der Waals surface area contributed by atoms with Crippen molar-refractivity contribution in [3.8, 4) is 5.75 Å². The highest BCUT2D eigenvalue weighted by Crippen LogP contribution is 2.32. The molecular formula is C14H10ClN3O2S. The van der Waals surface area contributed by atoms with Crippen LogP contribution < -0.4 is 10.1 Å². The third-order valence-corrected chi connectivity index (χ3v) is 4.06. The number of carbonyl (C=O) groups excluding carboxylic acids is 1. The van der Waals surface area contributed by atoms with E-state index in [4.69, 9.17) is 16.3 Å². The number of hydrogen-bond donors (Lipinski definition) is 1. The maximum atomic E-state index is 12.2. The van der Waals surface area contributed by atoms with Crippen molar-refractivity contribution in [3.63, 3.8) is 0 Å². The molecule has 21 heavy (non-hydrogen) atoms. The van der Waals surface area contributed by atoms with Crippen LogP contribution in [0.2, 0.25) is 5.15 Å². The number of nitrogens with one attached hydrogen (secondary N) is 1. The molecule has 3 aromatic rings. The molecule has 1 aromatic carbocycles. The summed E-state index contributed by atoms with van der Waals surface area (Å²) in [5.41, 5.74) is 1.03. The first-order valence-corrected chi connectivity index (χ1v) is 7.24. The van der Waals surface area contributed by atoms with Gasteiger partial charge in [-0.15, -0.1) is 0 Å². The van der Waals surface area contributed by atoms with Gasteiger partial charge in [-0.3, -0.25) is 10.1 Å². The summed E-state index contributed by atoms with van der Waals surface area (Å²) < 4.78 is 6.18. The van der Waals surface area contributed by atoms with Crippen molar-refractivity contribution >= 4 is 44.2 Å². The Morgan fingerprint density at radius 3 is 2.95 bits per heavy atom. The summed E-state index contributed by atoms with van der Waals surface area (Å²) in [5, 5.41) is 3.37. The molecule has 2 aromatic heterocycles. The van der Waals surface area contributed by atoms with Crippen LogP contribution in [0.3, 0.4) is 0 Å². The quantitative estimate of drug-likeness (QED) is 0.749. The van der Waals surface area contributed by atoms with Gasteiger partial charge in [0.1, 0.15) is 16.4 Å². The first-order valence-electron chi connectivity index (χ1n) is 6.04. The normalized spacial score (nSPS) is 10.6. The highest BCUT2D eigenvalue weighted by atomic mass is 35.5. The second-order valence-electron chi connectivity index (χ2n) is 4.12. The van der Waals surface area contributed by atoms with E-state index in [1.54, 1.807) is 19.2 Å². The second-order valence-corrected chi connectivity index (χ2v) is 5.51. The number of amides is 1. The number of nitrogens with zero attached hydrogens (tertiary/aromatic N) is 2. The minimum atomic E-state index is -0.342. The SMILES string of the molecule is COc1cccc2sc(NC(=O)c3cccnc3Cl)nc12. The summed E-state index contributed by atoms with van der Waals surface area (Å²) in [7, 11) is 1.59. The number of aromatic nitrogens is 2. The van der Waals surface area contributed by atoms with Crippen molar-refractivity contribution in [2.75, 3.05) is 12.4 Å². The number of benzene rings is 1. The van der Waals surface area contributed by atoms with Crippen molar-refractivity contribution in [2.24, 2.45) is 0 Å². The molecule has 5 nitrogen and oxygen atoms in total. The lowest BCUT2D eigenvalue weighted by Gasteiger charge is -2.02. The Labute approximate surface area is 129 Å². The number of halogens is 1. The van der Waals surface area contributed by atoms with E-state index in [-0.39, 0.29) is 11.1 Å². The molecule has 0 aliphatic rings. The van der Waals surface area contributed by atoms with Crippen LogP contribution in [0.5, 0.6) is 5.75 Å². The lowest BCUT2D eigenvalue weighted by molar-refractivity contribution is 0.102. The summed E-state index contributed by atoms with van der Waals surface area (Å²) in [4.78, 5) is 20.4. The first-order chi connectivity index (χ1) is 10.2. The van der Waals surface area contributed by atoms with Crippen LogP contribution >= 0.6 is 22.9 Å². The Hall–Kier alpha value is -2.18. The zero-order valence-corrected chi connectivity index (χ0v) is 12.5. The number of para-hydroxylation sites is 1. The third kappa shape index (κ3) is 2.68. The van der Waals surface area contributed by atoms with Gasteiger partial charge in [0.05, 0.1) is 17.4 Å². The van der Waals surface area contributed by atoms with E-state index in [1.807, 2.05) is 18.2 Å². The van der Waals surface area contributed by atoms with Crippen molar-refractivity contribution in [1.29, 1.82) is 0 Å². The maximum Gasteiger partial charge on any atom is 0.260 e. The van der Waals surface area contributed by atoms with Gasteiger partial charge in [0.25, 0.3) is 5.91 Å². The molecule has 3 rings (SSSR count). The van der Waals surface area contributed by atoms with Crippen LogP contribution in [0.1, 0.15) is 10.4 Å². The van der Waals surface area contributed by atoms with Crippen LogP contribution in [0, 0.1) is 0 Å². The zero-order chi connectivity index (χ0) is 14.8. The Bertz CT molecular complexity index is 819. The van der Waals surface area contributed by atoms with E-state index in [0.717, 1.165) is 10.2 Å². The molecule has 1 amide bonds. The maximum absolute atomic E-state index is 12.2. The molecule has 0 spiro atoms. The number of fused-ring (bicyclic) bond motifs is 1. The highest BCUT2D eigenvalue weighted by molar-refractivity contribution is 7.22. The number of anilines is 1. The van der Waals surface area contributed by atoms with Gasteiger partial charge in [-0.1, -0.05) is 29.0 Å². The number of carbonyl (C=O) groups is 1. The highest BCUT2D eigenvalue weighted by Gasteiger charge is 2.14. The largest absolute Gasteiger partial charge is 0.494 e. The molecular weight excluding hydrogens is 310 g/mol. The molecule has 2 heterocycles. The molecule has 106 valence electrons. The van der Waals surface area contributed by atoms with Crippen LogP contribution in [-0.4, -0.2) is 23.0 Å².